The van der Waals surface area contributed by atoms with Crippen LogP contribution in [0.3, 0.4) is 0 Å². The molecule has 3 amide bonds. The van der Waals surface area contributed by atoms with E-state index < -0.39 is 59.6 Å². The molecule has 0 aromatic heterocycles. The maximum absolute atomic E-state index is 13.9. The average Bonchev–Trinajstić information content (AvgIpc) is 3.43. The van der Waals surface area contributed by atoms with Crippen LogP contribution in [0.5, 0.6) is 0 Å². The molecular weight excluding hydrogens is 461 g/mol. The maximum Gasteiger partial charge on any atom is 0.419 e. The van der Waals surface area contributed by atoms with Gasteiger partial charge in [0.2, 0.25) is 0 Å². The van der Waals surface area contributed by atoms with Crippen LogP contribution in [0.1, 0.15) is 41.2 Å². The van der Waals surface area contributed by atoms with Gasteiger partial charge in [0, 0.05) is 6.54 Å². The fourth-order valence-corrected chi connectivity index (χ4v) is 3.97. The summed E-state index contributed by atoms with van der Waals surface area (Å²) >= 11 is 0. The van der Waals surface area contributed by atoms with E-state index in [1.807, 2.05) is 0 Å². The molecule has 0 bridgehead atoms. The Bertz CT molecular complexity index is 1110. The number of hydrogen-bond donors (Lipinski definition) is 1. The Labute approximate surface area is 182 Å². The van der Waals surface area contributed by atoms with Gasteiger partial charge in [0.25, 0.3) is 0 Å². The van der Waals surface area contributed by atoms with Crippen LogP contribution in [0.2, 0.25) is 0 Å². The van der Waals surface area contributed by atoms with Crippen molar-refractivity contribution >= 4 is 12.1 Å². The molecule has 1 atom stereocenters. The highest BCUT2D eigenvalue weighted by Crippen LogP contribution is 2.57. The number of ether oxygens (including phenoxy) is 1. The van der Waals surface area contributed by atoms with E-state index in [9.17, 15) is 40.3 Å². The number of carbonyl (C=O) groups excluding carboxylic acids is 2. The summed E-state index contributed by atoms with van der Waals surface area (Å²) in [5.74, 6) is -1.20. The molecule has 1 saturated carbocycles. The molecule has 176 valence electrons. The number of benzene rings is 2. The number of urea groups is 1. The summed E-state index contributed by atoms with van der Waals surface area (Å²) in [5, 5.41) is 2.23. The summed E-state index contributed by atoms with van der Waals surface area (Å²) in [7, 11) is 0. The molecule has 0 unspecified atom stereocenters. The molecule has 1 aliphatic heterocycles. The number of imide groups is 1. The van der Waals surface area contributed by atoms with Gasteiger partial charge in [-0.2, -0.15) is 26.3 Å². The average molecular weight is 476 g/mol. The monoisotopic (exact) mass is 476 g/mol. The number of nitrogens with one attached hydrogen (secondary N) is 1. The lowest BCUT2D eigenvalue weighted by Crippen LogP contribution is -2.47. The molecule has 0 radical (unpaired) electrons. The normalized spacial score (nSPS) is 19.5. The Morgan fingerprint density at radius 1 is 1.06 bits per heavy atom. The molecule has 1 N–H and O–H groups in total. The second-order valence-electron chi connectivity index (χ2n) is 7.79. The summed E-state index contributed by atoms with van der Waals surface area (Å²) in [6.07, 6.45) is -11.7. The molecule has 1 heterocycles. The Balaban J connectivity index is 1.56. The second kappa shape index (κ2) is 7.63. The van der Waals surface area contributed by atoms with E-state index >= 15 is 0 Å². The highest BCUT2D eigenvalue weighted by molar-refractivity contribution is 5.94. The van der Waals surface area contributed by atoms with E-state index in [4.69, 9.17) is 4.74 Å². The van der Waals surface area contributed by atoms with Gasteiger partial charge in [-0.15, -0.1) is 0 Å². The third-order valence-electron chi connectivity index (χ3n) is 5.60. The van der Waals surface area contributed by atoms with Gasteiger partial charge in [-0.05, 0) is 48.2 Å². The summed E-state index contributed by atoms with van der Waals surface area (Å²) in [4.78, 5) is 25.7. The summed E-state index contributed by atoms with van der Waals surface area (Å²) in [6, 6.07) is 5.19. The lowest BCUT2D eigenvalue weighted by molar-refractivity contribution is -0.138. The van der Waals surface area contributed by atoms with E-state index in [2.05, 4.69) is 5.32 Å². The highest BCUT2D eigenvalue weighted by Gasteiger charge is 2.66. The minimum atomic E-state index is -4.85. The van der Waals surface area contributed by atoms with Crippen molar-refractivity contribution in [2.75, 3.05) is 0 Å². The van der Waals surface area contributed by atoms with Crippen LogP contribution >= 0.6 is 0 Å². The Hall–Kier alpha value is -3.31. The second-order valence-corrected chi connectivity index (χ2v) is 7.79. The van der Waals surface area contributed by atoms with E-state index in [1.165, 1.54) is 12.1 Å². The zero-order chi connectivity index (χ0) is 24.2. The van der Waals surface area contributed by atoms with Crippen molar-refractivity contribution < 1.29 is 45.1 Å². The fourth-order valence-electron chi connectivity index (χ4n) is 3.97. The number of nitrogens with zero attached hydrogens (tertiary/aromatic N) is 1. The number of hydrogen-bond acceptors (Lipinski definition) is 3. The molecule has 1 aliphatic carbocycles. The topological polar surface area (TPSA) is 58.6 Å². The molecular formula is C21H15F7N2O3. The molecule has 33 heavy (non-hydrogen) atoms. The van der Waals surface area contributed by atoms with Crippen molar-refractivity contribution in [3.05, 3.63) is 70.5 Å². The SMILES string of the molecule is O=C(NCc1ccccc1C(F)(F)F)N1C(=O)O[C@H](c2cc(F)cc(C(F)(F)F)c2)C12CC2. The predicted octanol–water partition coefficient (Wildman–Crippen LogP) is 5.80. The lowest BCUT2D eigenvalue weighted by atomic mass is 9.98. The Morgan fingerprint density at radius 3 is 2.33 bits per heavy atom. The number of carbonyl (C=O) groups is 2. The minimum Gasteiger partial charge on any atom is -0.438 e. The predicted molar refractivity (Wildman–Crippen MR) is 98.1 cm³/mol. The zero-order valence-corrected chi connectivity index (χ0v) is 16.6. The van der Waals surface area contributed by atoms with Crippen molar-refractivity contribution in [3.8, 4) is 0 Å². The van der Waals surface area contributed by atoms with Gasteiger partial charge in [0.15, 0.2) is 6.10 Å². The number of amides is 3. The van der Waals surface area contributed by atoms with Gasteiger partial charge in [-0.1, -0.05) is 18.2 Å². The first-order valence-corrected chi connectivity index (χ1v) is 9.64. The van der Waals surface area contributed by atoms with Crippen LogP contribution in [0, 0.1) is 5.82 Å². The van der Waals surface area contributed by atoms with E-state index in [0.29, 0.717) is 17.0 Å². The van der Waals surface area contributed by atoms with Crippen LogP contribution in [-0.4, -0.2) is 22.6 Å². The highest BCUT2D eigenvalue weighted by atomic mass is 19.4. The Kier molecular flexibility index (Phi) is 5.29. The standard InChI is InChI=1S/C21H15F7N2O3/c22-14-8-12(7-13(9-14)20(23,24)25)16-19(5-6-19)30(18(32)33-16)17(31)29-10-11-3-1-2-4-15(11)21(26,27)28/h1-4,7-9,16H,5-6,10H2,(H,29,31)/t16-/m1/s1. The largest absolute Gasteiger partial charge is 0.438 e. The lowest BCUT2D eigenvalue weighted by Gasteiger charge is -2.24. The van der Waals surface area contributed by atoms with E-state index in [0.717, 1.165) is 18.2 Å². The third-order valence-corrected chi connectivity index (χ3v) is 5.60. The van der Waals surface area contributed by atoms with Crippen molar-refractivity contribution in [2.45, 2.75) is 43.4 Å². The number of alkyl halides is 6. The smallest absolute Gasteiger partial charge is 0.419 e. The van der Waals surface area contributed by atoms with Gasteiger partial charge in [-0.3, -0.25) is 0 Å². The van der Waals surface area contributed by atoms with Gasteiger partial charge in [-0.25, -0.2) is 18.9 Å². The summed E-state index contributed by atoms with van der Waals surface area (Å²) < 4.78 is 97.6. The molecule has 2 aromatic rings. The molecule has 2 aromatic carbocycles. The summed E-state index contributed by atoms with van der Waals surface area (Å²) in [6.45, 7) is -0.558. The van der Waals surface area contributed by atoms with Crippen LogP contribution in [0.25, 0.3) is 0 Å². The number of halogens is 7. The minimum absolute atomic E-state index is 0.174. The molecule has 1 saturated heterocycles. The van der Waals surface area contributed by atoms with Crippen molar-refractivity contribution in [2.24, 2.45) is 0 Å². The van der Waals surface area contributed by atoms with Crippen molar-refractivity contribution in [3.63, 3.8) is 0 Å². The van der Waals surface area contributed by atoms with Crippen LogP contribution in [0.15, 0.2) is 42.5 Å². The number of cyclic esters (lactones) is 1. The van der Waals surface area contributed by atoms with Gasteiger partial charge in [0.1, 0.15) is 5.82 Å². The van der Waals surface area contributed by atoms with Crippen molar-refractivity contribution in [1.82, 2.24) is 10.2 Å². The van der Waals surface area contributed by atoms with E-state index in [1.54, 1.807) is 0 Å². The van der Waals surface area contributed by atoms with Crippen LogP contribution in [0.4, 0.5) is 40.3 Å². The van der Waals surface area contributed by atoms with Crippen molar-refractivity contribution in [1.29, 1.82) is 0 Å². The summed E-state index contributed by atoms with van der Waals surface area (Å²) in [5.41, 5.74) is -4.11. The van der Waals surface area contributed by atoms with Crippen LogP contribution in [-0.2, 0) is 23.6 Å². The molecule has 5 nitrogen and oxygen atoms in total. The first kappa shape index (κ1) is 22.9. The van der Waals surface area contributed by atoms with E-state index in [-0.39, 0.29) is 24.0 Å². The molecule has 1 spiro atoms. The molecule has 2 fully saturated rings. The third kappa shape index (κ3) is 4.21. The fraction of sp³-hybridized carbons (Fsp3) is 0.333. The zero-order valence-electron chi connectivity index (χ0n) is 16.6. The Morgan fingerprint density at radius 2 is 1.73 bits per heavy atom. The van der Waals surface area contributed by atoms with Gasteiger partial charge >= 0.3 is 24.5 Å². The molecule has 2 aliphatic rings. The van der Waals surface area contributed by atoms with Crippen LogP contribution < -0.4 is 5.32 Å². The molecule has 12 heteroatoms. The quantitative estimate of drug-likeness (QED) is 0.570. The van der Waals surface area contributed by atoms with Gasteiger partial charge < -0.3 is 10.1 Å². The first-order valence-electron chi connectivity index (χ1n) is 9.64. The van der Waals surface area contributed by atoms with Gasteiger partial charge in [0.05, 0.1) is 16.7 Å². The molecule has 4 rings (SSSR count). The number of rotatable bonds is 3. The maximum atomic E-state index is 13.9. The first-order chi connectivity index (χ1) is 15.3.